The van der Waals surface area contributed by atoms with Crippen LogP contribution in [0.25, 0.3) is 11.3 Å². The maximum Gasteiger partial charge on any atom is 0.256 e. The summed E-state index contributed by atoms with van der Waals surface area (Å²) in [7, 11) is 0. The summed E-state index contributed by atoms with van der Waals surface area (Å²) in [4.78, 5) is 16.2. The van der Waals surface area contributed by atoms with Gasteiger partial charge in [-0.15, -0.1) is 0 Å². The van der Waals surface area contributed by atoms with Crippen molar-refractivity contribution in [2.45, 2.75) is 18.6 Å². The second kappa shape index (κ2) is 7.98. The number of benzene rings is 2. The highest BCUT2D eigenvalue weighted by Crippen LogP contribution is 2.25. The molecule has 4 nitrogen and oxygen atoms in total. The molecule has 1 heterocycles. The Kier molecular flexibility index (Phi) is 5.50. The molecule has 0 aliphatic rings. The first-order valence-electron chi connectivity index (χ1n) is 7.87. The predicted molar refractivity (Wildman–Crippen MR) is 97.1 cm³/mol. The summed E-state index contributed by atoms with van der Waals surface area (Å²) in [6.45, 7) is 2.07. The van der Waals surface area contributed by atoms with Crippen LogP contribution in [0, 0.1) is 5.82 Å². The number of aryl methyl sites for hydroxylation is 1. The number of hydrogen-bond acceptors (Lipinski definition) is 4. The second-order valence-electron chi connectivity index (χ2n) is 5.39. The van der Waals surface area contributed by atoms with Gasteiger partial charge in [-0.25, -0.2) is 9.37 Å². The third kappa shape index (κ3) is 4.70. The van der Waals surface area contributed by atoms with Gasteiger partial charge >= 0.3 is 0 Å². The maximum absolute atomic E-state index is 12.9. The van der Waals surface area contributed by atoms with Gasteiger partial charge in [0.15, 0.2) is 5.76 Å². The first-order valence-corrected chi connectivity index (χ1v) is 8.86. The summed E-state index contributed by atoms with van der Waals surface area (Å²) in [6, 6.07) is 13.7. The Bertz CT molecular complexity index is 862. The molecular weight excluding hydrogens is 339 g/mol. The Morgan fingerprint density at radius 1 is 1.24 bits per heavy atom. The largest absolute Gasteiger partial charge is 0.431 e. The van der Waals surface area contributed by atoms with Crippen LogP contribution in [0.4, 0.5) is 10.1 Å². The van der Waals surface area contributed by atoms with E-state index in [1.807, 2.05) is 24.3 Å². The van der Waals surface area contributed by atoms with E-state index in [4.69, 9.17) is 4.42 Å². The van der Waals surface area contributed by atoms with Crippen molar-refractivity contribution in [2.75, 3.05) is 11.1 Å². The van der Waals surface area contributed by atoms with E-state index in [1.54, 1.807) is 18.3 Å². The molecule has 128 valence electrons. The number of carbonyl (C=O) groups is 1. The molecule has 0 saturated carbocycles. The SMILES string of the molecule is CCc1cccc(NC(=O)CSc2ncc(-c3ccc(F)cc3)o2)c1. The zero-order valence-corrected chi connectivity index (χ0v) is 14.5. The Morgan fingerprint density at radius 2 is 2.04 bits per heavy atom. The minimum atomic E-state index is -0.304. The average Bonchev–Trinajstić information content (AvgIpc) is 3.10. The maximum atomic E-state index is 12.9. The lowest BCUT2D eigenvalue weighted by Gasteiger charge is -2.05. The van der Waals surface area contributed by atoms with Crippen molar-refractivity contribution >= 4 is 23.4 Å². The van der Waals surface area contributed by atoms with E-state index in [0.717, 1.165) is 17.7 Å². The van der Waals surface area contributed by atoms with Gasteiger partial charge in [0.2, 0.25) is 5.91 Å². The number of hydrogen-bond donors (Lipinski definition) is 1. The minimum absolute atomic E-state index is 0.125. The van der Waals surface area contributed by atoms with E-state index in [-0.39, 0.29) is 17.5 Å². The van der Waals surface area contributed by atoms with Crippen molar-refractivity contribution in [3.05, 3.63) is 66.1 Å². The van der Waals surface area contributed by atoms with E-state index in [2.05, 4.69) is 17.2 Å². The smallest absolute Gasteiger partial charge is 0.256 e. The first kappa shape index (κ1) is 17.2. The normalized spacial score (nSPS) is 10.6. The first-order chi connectivity index (χ1) is 12.1. The van der Waals surface area contributed by atoms with E-state index in [1.165, 1.54) is 29.5 Å². The third-order valence-electron chi connectivity index (χ3n) is 3.56. The van der Waals surface area contributed by atoms with Crippen LogP contribution in [0.1, 0.15) is 12.5 Å². The fraction of sp³-hybridized carbons (Fsp3) is 0.158. The number of oxazole rings is 1. The molecule has 0 unspecified atom stereocenters. The van der Waals surface area contributed by atoms with Gasteiger partial charge in [-0.3, -0.25) is 4.79 Å². The van der Waals surface area contributed by atoms with E-state index < -0.39 is 0 Å². The van der Waals surface area contributed by atoms with Crippen LogP contribution in [-0.4, -0.2) is 16.6 Å². The molecule has 25 heavy (non-hydrogen) atoms. The summed E-state index contributed by atoms with van der Waals surface area (Å²) in [5.41, 5.74) is 2.69. The van der Waals surface area contributed by atoms with Crippen molar-refractivity contribution in [1.82, 2.24) is 4.98 Å². The van der Waals surface area contributed by atoms with Gasteiger partial charge in [-0.2, -0.15) is 0 Å². The molecule has 0 fully saturated rings. The Balaban J connectivity index is 1.56. The molecule has 1 aromatic heterocycles. The van der Waals surface area contributed by atoms with Crippen molar-refractivity contribution in [1.29, 1.82) is 0 Å². The highest BCUT2D eigenvalue weighted by Gasteiger charge is 2.10. The van der Waals surface area contributed by atoms with Crippen LogP contribution >= 0.6 is 11.8 Å². The van der Waals surface area contributed by atoms with Crippen molar-refractivity contribution in [2.24, 2.45) is 0 Å². The Morgan fingerprint density at radius 3 is 2.80 bits per heavy atom. The number of rotatable bonds is 6. The molecule has 1 amide bonds. The number of thioether (sulfide) groups is 1. The van der Waals surface area contributed by atoms with Crippen LogP contribution in [0.5, 0.6) is 0 Å². The van der Waals surface area contributed by atoms with E-state index >= 15 is 0 Å². The van der Waals surface area contributed by atoms with Gasteiger partial charge in [-0.1, -0.05) is 30.8 Å². The quantitative estimate of drug-likeness (QED) is 0.646. The lowest BCUT2D eigenvalue weighted by Crippen LogP contribution is -2.14. The van der Waals surface area contributed by atoms with Gasteiger partial charge < -0.3 is 9.73 Å². The molecule has 0 atom stereocenters. The molecule has 3 rings (SSSR count). The van der Waals surface area contributed by atoms with E-state index in [9.17, 15) is 9.18 Å². The van der Waals surface area contributed by atoms with Crippen molar-refractivity contribution in [3.63, 3.8) is 0 Å². The molecule has 0 aliphatic heterocycles. The number of nitrogens with zero attached hydrogens (tertiary/aromatic N) is 1. The molecule has 0 bridgehead atoms. The fourth-order valence-electron chi connectivity index (χ4n) is 2.27. The number of anilines is 1. The molecule has 0 saturated heterocycles. The topological polar surface area (TPSA) is 55.1 Å². The Hall–Kier alpha value is -2.60. The molecule has 0 spiro atoms. The van der Waals surface area contributed by atoms with Crippen molar-refractivity contribution < 1.29 is 13.6 Å². The molecular formula is C19H17FN2O2S. The lowest BCUT2D eigenvalue weighted by molar-refractivity contribution is -0.113. The second-order valence-corrected chi connectivity index (χ2v) is 6.31. The van der Waals surface area contributed by atoms with Crippen LogP contribution in [0.3, 0.4) is 0 Å². The zero-order chi connectivity index (χ0) is 17.6. The number of aromatic nitrogens is 1. The monoisotopic (exact) mass is 356 g/mol. The predicted octanol–water partition coefficient (Wildman–Crippen LogP) is 4.77. The fourth-order valence-corrected chi connectivity index (χ4v) is 2.87. The zero-order valence-electron chi connectivity index (χ0n) is 13.7. The van der Waals surface area contributed by atoms with Gasteiger partial charge in [0.25, 0.3) is 5.22 Å². The van der Waals surface area contributed by atoms with Gasteiger partial charge in [0.05, 0.1) is 11.9 Å². The van der Waals surface area contributed by atoms with Crippen LogP contribution in [0.2, 0.25) is 0 Å². The van der Waals surface area contributed by atoms with Crippen LogP contribution < -0.4 is 5.32 Å². The number of halogens is 1. The molecule has 2 aromatic carbocycles. The minimum Gasteiger partial charge on any atom is -0.431 e. The summed E-state index contributed by atoms with van der Waals surface area (Å²) in [6.07, 6.45) is 2.49. The average molecular weight is 356 g/mol. The van der Waals surface area contributed by atoms with Gasteiger partial charge in [-0.05, 0) is 48.4 Å². The molecule has 0 radical (unpaired) electrons. The molecule has 3 aromatic rings. The standard InChI is InChI=1S/C19H17FN2O2S/c1-2-13-4-3-5-16(10-13)22-18(23)12-25-19-21-11-17(24-19)14-6-8-15(20)9-7-14/h3-11H,2,12H2,1H3,(H,22,23). The summed E-state index contributed by atoms with van der Waals surface area (Å²) in [5.74, 6) is 0.305. The summed E-state index contributed by atoms with van der Waals surface area (Å²) in [5, 5.41) is 3.26. The van der Waals surface area contributed by atoms with Crippen LogP contribution in [0.15, 0.2) is 64.4 Å². The summed E-state index contributed by atoms with van der Waals surface area (Å²) >= 11 is 1.21. The Labute approximate surface area is 149 Å². The molecule has 6 heteroatoms. The molecule has 1 N–H and O–H groups in total. The van der Waals surface area contributed by atoms with Crippen LogP contribution in [-0.2, 0) is 11.2 Å². The highest BCUT2D eigenvalue weighted by molar-refractivity contribution is 7.99. The number of amides is 1. The van der Waals surface area contributed by atoms with E-state index in [0.29, 0.717) is 11.0 Å². The third-order valence-corrected chi connectivity index (χ3v) is 4.40. The molecule has 0 aliphatic carbocycles. The van der Waals surface area contributed by atoms with Crippen molar-refractivity contribution in [3.8, 4) is 11.3 Å². The highest BCUT2D eigenvalue weighted by atomic mass is 32.2. The summed E-state index contributed by atoms with van der Waals surface area (Å²) < 4.78 is 18.5. The van der Waals surface area contributed by atoms with Gasteiger partial charge in [0.1, 0.15) is 5.82 Å². The lowest BCUT2D eigenvalue weighted by atomic mass is 10.1. The number of nitrogens with one attached hydrogen (secondary N) is 1. The number of carbonyl (C=O) groups excluding carboxylic acids is 1. The van der Waals surface area contributed by atoms with Gasteiger partial charge in [0, 0.05) is 11.3 Å².